The quantitative estimate of drug-likeness (QED) is 0.589. The average Bonchev–Trinajstić information content (AvgIpc) is 3.28. The minimum atomic E-state index is -0.0236. The zero-order chi connectivity index (χ0) is 22.3. The number of nitrogens with one attached hydrogen (secondary N) is 1. The number of nitrogens with zero attached hydrogens (tertiary/aromatic N) is 4. The molecule has 168 valence electrons. The summed E-state index contributed by atoms with van der Waals surface area (Å²) in [5.74, 6) is 0.937. The molecule has 1 amide bonds. The van der Waals surface area contributed by atoms with Gasteiger partial charge in [-0.05, 0) is 37.2 Å². The summed E-state index contributed by atoms with van der Waals surface area (Å²) in [6, 6.07) is 16.4. The lowest BCUT2D eigenvalue weighted by Gasteiger charge is -2.32. The Morgan fingerprint density at radius 3 is 2.56 bits per heavy atom. The predicted molar refractivity (Wildman–Crippen MR) is 124 cm³/mol. The molecule has 1 aliphatic heterocycles. The van der Waals surface area contributed by atoms with Gasteiger partial charge in [-0.2, -0.15) is 0 Å². The molecule has 0 aliphatic carbocycles. The maximum Gasteiger partial charge on any atom is 0.247 e. The van der Waals surface area contributed by atoms with Crippen molar-refractivity contribution in [2.24, 2.45) is 0 Å². The maximum absolute atomic E-state index is 12.3. The van der Waals surface area contributed by atoms with E-state index in [2.05, 4.69) is 56.6 Å². The number of likely N-dealkylation sites (N-methyl/N-ethyl adjacent to an activating group) is 1. The zero-order valence-corrected chi connectivity index (χ0v) is 18.9. The van der Waals surface area contributed by atoms with Crippen molar-refractivity contribution >= 4 is 5.91 Å². The summed E-state index contributed by atoms with van der Waals surface area (Å²) in [5.41, 5.74) is 4.46. The van der Waals surface area contributed by atoms with Crippen LogP contribution in [0.5, 0.6) is 0 Å². The molecule has 7 nitrogen and oxygen atoms in total. The second kappa shape index (κ2) is 10.5. The lowest BCUT2D eigenvalue weighted by molar-refractivity contribution is -0.121. The van der Waals surface area contributed by atoms with Crippen molar-refractivity contribution in [1.29, 1.82) is 0 Å². The van der Waals surface area contributed by atoms with Gasteiger partial charge in [-0.3, -0.25) is 9.69 Å². The monoisotopic (exact) mass is 433 g/mol. The first-order valence-electron chi connectivity index (χ1n) is 11.2. The number of benzene rings is 2. The highest BCUT2D eigenvalue weighted by Gasteiger charge is 2.14. The number of rotatable bonds is 8. The third-order valence-corrected chi connectivity index (χ3v) is 5.81. The molecule has 1 saturated heterocycles. The Morgan fingerprint density at radius 2 is 1.78 bits per heavy atom. The second-order valence-electron chi connectivity index (χ2n) is 8.54. The van der Waals surface area contributed by atoms with Crippen LogP contribution in [-0.2, 0) is 24.3 Å². The van der Waals surface area contributed by atoms with Crippen LogP contribution in [0.25, 0.3) is 11.5 Å². The summed E-state index contributed by atoms with van der Waals surface area (Å²) in [6.07, 6.45) is 0.741. The Balaban J connectivity index is 1.22. The van der Waals surface area contributed by atoms with Crippen LogP contribution in [0.1, 0.15) is 29.0 Å². The van der Waals surface area contributed by atoms with Gasteiger partial charge in [-0.1, -0.05) is 42.0 Å². The van der Waals surface area contributed by atoms with Crippen molar-refractivity contribution < 1.29 is 9.21 Å². The Labute approximate surface area is 189 Å². The molecule has 0 unspecified atom stereocenters. The van der Waals surface area contributed by atoms with Gasteiger partial charge in [0.05, 0.1) is 0 Å². The standard InChI is InChI=1S/C25H31N5O2/c1-19-6-8-22(9-7-19)25-28-27-24(32-25)11-10-23(31)26-17-20-4-3-5-21(16-20)18-30-14-12-29(2)13-15-30/h3-9,16H,10-15,17-18H2,1-2H3,(H,26,31). The van der Waals surface area contributed by atoms with Gasteiger partial charge in [-0.25, -0.2) is 0 Å². The van der Waals surface area contributed by atoms with Crippen LogP contribution in [0, 0.1) is 6.92 Å². The molecule has 0 bridgehead atoms. The van der Waals surface area contributed by atoms with Crippen LogP contribution in [0.4, 0.5) is 0 Å². The van der Waals surface area contributed by atoms with E-state index >= 15 is 0 Å². The van der Waals surface area contributed by atoms with Crippen molar-refractivity contribution in [1.82, 2.24) is 25.3 Å². The Hall–Kier alpha value is -3.03. The summed E-state index contributed by atoms with van der Waals surface area (Å²) in [7, 11) is 2.17. The third kappa shape index (κ3) is 6.24. The second-order valence-corrected chi connectivity index (χ2v) is 8.54. The minimum Gasteiger partial charge on any atom is -0.421 e. The number of aromatic nitrogens is 2. The molecule has 1 aromatic heterocycles. The fourth-order valence-electron chi connectivity index (χ4n) is 3.78. The molecule has 4 rings (SSSR count). The van der Waals surface area contributed by atoms with Gasteiger partial charge >= 0.3 is 0 Å². The van der Waals surface area contributed by atoms with Gasteiger partial charge in [0.15, 0.2) is 0 Å². The van der Waals surface area contributed by atoms with E-state index in [1.165, 1.54) is 11.1 Å². The minimum absolute atomic E-state index is 0.0236. The Bertz CT molecular complexity index is 1020. The molecule has 2 aromatic carbocycles. The van der Waals surface area contributed by atoms with E-state index < -0.39 is 0 Å². The Morgan fingerprint density at radius 1 is 1.03 bits per heavy atom. The summed E-state index contributed by atoms with van der Waals surface area (Å²) < 4.78 is 5.71. The maximum atomic E-state index is 12.3. The van der Waals surface area contributed by atoms with Gasteiger partial charge in [-0.15, -0.1) is 10.2 Å². The molecule has 32 heavy (non-hydrogen) atoms. The van der Waals surface area contributed by atoms with E-state index in [1.54, 1.807) is 0 Å². The first-order chi connectivity index (χ1) is 15.5. The highest BCUT2D eigenvalue weighted by Crippen LogP contribution is 2.18. The lowest BCUT2D eigenvalue weighted by atomic mass is 10.1. The molecule has 7 heteroatoms. The van der Waals surface area contributed by atoms with Crippen molar-refractivity contribution in [2.45, 2.75) is 32.9 Å². The van der Waals surface area contributed by atoms with E-state index in [9.17, 15) is 4.79 Å². The Kier molecular flexibility index (Phi) is 7.29. The molecule has 0 radical (unpaired) electrons. The third-order valence-electron chi connectivity index (χ3n) is 5.81. The smallest absolute Gasteiger partial charge is 0.247 e. The zero-order valence-electron chi connectivity index (χ0n) is 18.9. The lowest BCUT2D eigenvalue weighted by Crippen LogP contribution is -2.43. The van der Waals surface area contributed by atoms with E-state index in [4.69, 9.17) is 4.42 Å². The number of aryl methyl sites for hydroxylation is 2. The van der Waals surface area contributed by atoms with Crippen LogP contribution in [0.15, 0.2) is 52.9 Å². The summed E-state index contributed by atoms with van der Waals surface area (Å²) >= 11 is 0. The van der Waals surface area contributed by atoms with Gasteiger partial charge in [0.2, 0.25) is 17.7 Å². The first kappa shape index (κ1) is 22.2. The van der Waals surface area contributed by atoms with Crippen LogP contribution in [0.2, 0.25) is 0 Å². The van der Waals surface area contributed by atoms with E-state index in [1.807, 2.05) is 31.2 Å². The fraction of sp³-hybridized carbons (Fsp3) is 0.400. The number of carbonyl (C=O) groups excluding carboxylic acids is 1. The first-order valence-corrected chi connectivity index (χ1v) is 11.2. The van der Waals surface area contributed by atoms with E-state index in [0.717, 1.165) is 43.9 Å². The van der Waals surface area contributed by atoms with E-state index in [0.29, 0.717) is 31.2 Å². The van der Waals surface area contributed by atoms with Crippen molar-refractivity contribution in [3.63, 3.8) is 0 Å². The molecular formula is C25H31N5O2. The van der Waals surface area contributed by atoms with Crippen LogP contribution < -0.4 is 5.32 Å². The summed E-state index contributed by atoms with van der Waals surface area (Å²) in [5, 5.41) is 11.2. The number of carbonyl (C=O) groups is 1. The molecule has 0 spiro atoms. The largest absolute Gasteiger partial charge is 0.421 e. The molecule has 1 aliphatic rings. The predicted octanol–water partition coefficient (Wildman–Crippen LogP) is 3.04. The van der Waals surface area contributed by atoms with Crippen molar-refractivity contribution in [2.75, 3.05) is 33.2 Å². The number of piperazine rings is 1. The van der Waals surface area contributed by atoms with Gasteiger partial charge in [0, 0.05) is 57.7 Å². The topological polar surface area (TPSA) is 74.5 Å². The molecule has 0 atom stereocenters. The number of hydrogen-bond donors (Lipinski definition) is 1. The molecule has 3 aromatic rings. The van der Waals surface area contributed by atoms with Crippen LogP contribution in [0.3, 0.4) is 0 Å². The number of hydrogen-bond acceptors (Lipinski definition) is 6. The molecule has 0 saturated carbocycles. The molecule has 1 N–H and O–H groups in total. The van der Waals surface area contributed by atoms with E-state index in [-0.39, 0.29) is 5.91 Å². The molecule has 2 heterocycles. The van der Waals surface area contributed by atoms with Gasteiger partial charge in [0.25, 0.3) is 0 Å². The SMILES string of the molecule is Cc1ccc(-c2nnc(CCC(=O)NCc3cccc(CN4CCN(C)CC4)c3)o2)cc1. The van der Waals surface area contributed by atoms with Crippen LogP contribution in [-0.4, -0.2) is 59.1 Å². The highest BCUT2D eigenvalue weighted by atomic mass is 16.4. The number of amides is 1. The average molecular weight is 434 g/mol. The highest BCUT2D eigenvalue weighted by molar-refractivity contribution is 5.76. The van der Waals surface area contributed by atoms with Gasteiger partial charge in [0.1, 0.15) is 0 Å². The normalized spacial score (nSPS) is 15.1. The molecular weight excluding hydrogens is 402 g/mol. The van der Waals surface area contributed by atoms with Gasteiger partial charge < -0.3 is 14.6 Å². The molecule has 1 fully saturated rings. The summed E-state index contributed by atoms with van der Waals surface area (Å²) in [6.45, 7) is 7.93. The van der Waals surface area contributed by atoms with Crippen molar-refractivity contribution in [3.05, 3.63) is 71.1 Å². The fourth-order valence-corrected chi connectivity index (χ4v) is 3.78. The van der Waals surface area contributed by atoms with Crippen LogP contribution >= 0.6 is 0 Å². The van der Waals surface area contributed by atoms with Crippen molar-refractivity contribution in [3.8, 4) is 11.5 Å². The summed E-state index contributed by atoms with van der Waals surface area (Å²) in [4.78, 5) is 17.2.